The molecular formula is C22H25N. The van der Waals surface area contributed by atoms with Crippen molar-refractivity contribution in [3.63, 3.8) is 0 Å². The molecule has 1 heteroatoms. The van der Waals surface area contributed by atoms with Crippen molar-refractivity contribution in [1.29, 1.82) is 0 Å². The Hall–Kier alpha value is -2.46. The Morgan fingerprint density at radius 1 is 1.13 bits per heavy atom. The summed E-state index contributed by atoms with van der Waals surface area (Å²) in [7, 11) is 0. The standard InChI is InChI=1S/C22H25N/c1-5-18(21-13-9-8-12-20(21)17(3)4)15-16-19-11-7-10-14-22(19)23-6-2/h2,5,7-14,17,23H,15-16H2,1,3-4H3/b18-5-. The molecule has 118 valence electrons. The van der Waals surface area contributed by atoms with Crippen LogP contribution in [-0.4, -0.2) is 0 Å². The van der Waals surface area contributed by atoms with E-state index in [2.05, 4.69) is 74.6 Å². The zero-order valence-corrected chi connectivity index (χ0v) is 14.3. The number of rotatable bonds is 6. The lowest BCUT2D eigenvalue weighted by atomic mass is 9.89. The number of hydrogen-bond donors (Lipinski definition) is 1. The molecule has 1 N–H and O–H groups in total. The van der Waals surface area contributed by atoms with Gasteiger partial charge < -0.3 is 5.32 Å². The van der Waals surface area contributed by atoms with Gasteiger partial charge in [0, 0.05) is 11.7 Å². The monoisotopic (exact) mass is 303 g/mol. The van der Waals surface area contributed by atoms with Crippen LogP contribution in [0.25, 0.3) is 5.57 Å². The first-order chi connectivity index (χ1) is 11.2. The zero-order valence-electron chi connectivity index (χ0n) is 14.3. The molecule has 0 aliphatic rings. The summed E-state index contributed by atoms with van der Waals surface area (Å²) in [5.74, 6) is 0.525. The first-order valence-electron chi connectivity index (χ1n) is 8.21. The molecule has 0 spiro atoms. The van der Waals surface area contributed by atoms with E-state index in [-0.39, 0.29) is 0 Å². The Bertz CT molecular complexity index is 717. The highest BCUT2D eigenvalue weighted by Crippen LogP contribution is 2.29. The van der Waals surface area contributed by atoms with Crippen molar-refractivity contribution in [3.05, 3.63) is 71.3 Å². The summed E-state index contributed by atoms with van der Waals surface area (Å²) in [5.41, 5.74) is 6.46. The molecule has 0 unspecified atom stereocenters. The lowest BCUT2D eigenvalue weighted by Gasteiger charge is -2.16. The number of benzene rings is 2. The highest BCUT2D eigenvalue weighted by atomic mass is 14.8. The van der Waals surface area contributed by atoms with Crippen LogP contribution < -0.4 is 5.32 Å². The van der Waals surface area contributed by atoms with Gasteiger partial charge in [0.25, 0.3) is 0 Å². The second kappa shape index (κ2) is 8.25. The fourth-order valence-electron chi connectivity index (χ4n) is 2.93. The van der Waals surface area contributed by atoms with Crippen molar-refractivity contribution in [2.75, 3.05) is 5.32 Å². The molecule has 0 aromatic heterocycles. The van der Waals surface area contributed by atoms with Gasteiger partial charge in [-0.15, -0.1) is 0 Å². The lowest BCUT2D eigenvalue weighted by molar-refractivity contribution is 0.859. The molecule has 2 rings (SSSR count). The van der Waals surface area contributed by atoms with E-state index in [1.807, 2.05) is 12.1 Å². The van der Waals surface area contributed by atoms with Crippen molar-refractivity contribution in [1.82, 2.24) is 0 Å². The third-order valence-electron chi connectivity index (χ3n) is 4.17. The fraction of sp³-hybridized carbons (Fsp3) is 0.273. The number of anilines is 1. The first-order valence-corrected chi connectivity index (χ1v) is 8.21. The van der Waals surface area contributed by atoms with Crippen LogP contribution in [0.5, 0.6) is 0 Å². The van der Waals surface area contributed by atoms with Gasteiger partial charge in [0.2, 0.25) is 0 Å². The van der Waals surface area contributed by atoms with Gasteiger partial charge in [0.15, 0.2) is 0 Å². The average Bonchev–Trinajstić information content (AvgIpc) is 2.57. The van der Waals surface area contributed by atoms with Crippen LogP contribution in [0.3, 0.4) is 0 Å². The Labute approximate surface area is 140 Å². The van der Waals surface area contributed by atoms with Gasteiger partial charge in [-0.1, -0.05) is 68.8 Å². The molecule has 0 fully saturated rings. The topological polar surface area (TPSA) is 12.0 Å². The molecule has 0 saturated carbocycles. The third kappa shape index (κ3) is 4.27. The second-order valence-electron chi connectivity index (χ2n) is 5.98. The number of aryl methyl sites for hydroxylation is 1. The van der Waals surface area contributed by atoms with Crippen molar-refractivity contribution in [2.45, 2.75) is 39.5 Å². The molecule has 0 heterocycles. The summed E-state index contributed by atoms with van der Waals surface area (Å²) in [5, 5.41) is 3.00. The summed E-state index contributed by atoms with van der Waals surface area (Å²) in [6, 6.07) is 19.5. The molecule has 0 aliphatic heterocycles. The van der Waals surface area contributed by atoms with Crippen LogP contribution in [-0.2, 0) is 6.42 Å². The van der Waals surface area contributed by atoms with Crippen LogP contribution in [0.4, 0.5) is 5.69 Å². The quantitative estimate of drug-likeness (QED) is 0.521. The third-order valence-corrected chi connectivity index (χ3v) is 4.17. The fourth-order valence-corrected chi connectivity index (χ4v) is 2.93. The molecule has 0 saturated heterocycles. The normalized spacial score (nSPS) is 11.3. The number of allylic oxidation sites excluding steroid dienone is 2. The maximum atomic E-state index is 5.38. The van der Waals surface area contributed by atoms with E-state index in [0.29, 0.717) is 5.92 Å². The van der Waals surface area contributed by atoms with Gasteiger partial charge in [0.05, 0.1) is 0 Å². The smallest absolute Gasteiger partial charge is 0.0491 e. The summed E-state index contributed by atoms with van der Waals surface area (Å²) in [6.07, 6.45) is 9.59. The summed E-state index contributed by atoms with van der Waals surface area (Å²) < 4.78 is 0. The highest BCUT2D eigenvalue weighted by Gasteiger charge is 2.10. The second-order valence-corrected chi connectivity index (χ2v) is 5.98. The van der Waals surface area contributed by atoms with E-state index >= 15 is 0 Å². The molecule has 0 aliphatic carbocycles. The molecule has 1 nitrogen and oxygen atoms in total. The SMILES string of the molecule is C#CNc1ccccc1CC/C(=C/C)c1ccccc1C(C)C. The van der Waals surface area contributed by atoms with Crippen LogP contribution in [0.2, 0.25) is 0 Å². The van der Waals surface area contributed by atoms with E-state index < -0.39 is 0 Å². The van der Waals surface area contributed by atoms with Gasteiger partial charge in [0.1, 0.15) is 0 Å². The van der Waals surface area contributed by atoms with Crippen molar-refractivity contribution in [2.24, 2.45) is 0 Å². The maximum absolute atomic E-state index is 5.38. The molecular weight excluding hydrogens is 278 g/mol. The summed E-state index contributed by atoms with van der Waals surface area (Å²) in [4.78, 5) is 0. The van der Waals surface area contributed by atoms with Gasteiger partial charge in [-0.05, 0) is 54.0 Å². The Kier molecular flexibility index (Phi) is 6.06. The predicted molar refractivity (Wildman–Crippen MR) is 101 cm³/mol. The van der Waals surface area contributed by atoms with E-state index in [4.69, 9.17) is 6.42 Å². The van der Waals surface area contributed by atoms with E-state index in [0.717, 1.165) is 18.5 Å². The molecule has 0 atom stereocenters. The van der Waals surface area contributed by atoms with Gasteiger partial charge >= 0.3 is 0 Å². The van der Waals surface area contributed by atoms with Crippen LogP contribution in [0.15, 0.2) is 54.6 Å². The molecule has 2 aromatic rings. The zero-order chi connectivity index (χ0) is 16.7. The molecule has 0 amide bonds. The number of hydrogen-bond acceptors (Lipinski definition) is 1. The van der Waals surface area contributed by atoms with Gasteiger partial charge in [-0.2, -0.15) is 0 Å². The summed E-state index contributed by atoms with van der Waals surface area (Å²) in [6.45, 7) is 6.62. The van der Waals surface area contributed by atoms with Crippen molar-refractivity contribution >= 4 is 11.3 Å². The molecule has 0 bridgehead atoms. The molecule has 0 radical (unpaired) electrons. The molecule has 2 aromatic carbocycles. The average molecular weight is 303 g/mol. The Balaban J connectivity index is 2.21. The molecule has 23 heavy (non-hydrogen) atoms. The predicted octanol–water partition coefficient (Wildman–Crippen LogP) is 5.85. The minimum Gasteiger partial charge on any atom is -0.315 e. The van der Waals surface area contributed by atoms with Gasteiger partial charge in [-0.3, -0.25) is 0 Å². The largest absolute Gasteiger partial charge is 0.315 e. The minimum absolute atomic E-state index is 0.525. The Morgan fingerprint density at radius 3 is 2.52 bits per heavy atom. The van der Waals surface area contributed by atoms with Gasteiger partial charge in [-0.25, -0.2) is 0 Å². The van der Waals surface area contributed by atoms with E-state index in [9.17, 15) is 0 Å². The van der Waals surface area contributed by atoms with Crippen LogP contribution >= 0.6 is 0 Å². The Morgan fingerprint density at radius 2 is 1.83 bits per heavy atom. The van der Waals surface area contributed by atoms with Crippen LogP contribution in [0, 0.1) is 12.5 Å². The van der Waals surface area contributed by atoms with Crippen molar-refractivity contribution < 1.29 is 0 Å². The van der Waals surface area contributed by atoms with Crippen molar-refractivity contribution in [3.8, 4) is 12.5 Å². The maximum Gasteiger partial charge on any atom is 0.0491 e. The van der Waals surface area contributed by atoms with E-state index in [1.54, 1.807) is 0 Å². The van der Waals surface area contributed by atoms with E-state index in [1.165, 1.54) is 22.3 Å². The van der Waals surface area contributed by atoms with Crippen LogP contribution in [0.1, 0.15) is 49.8 Å². The number of terminal acetylenes is 1. The lowest BCUT2D eigenvalue weighted by Crippen LogP contribution is -1.99. The summed E-state index contributed by atoms with van der Waals surface area (Å²) >= 11 is 0. The first kappa shape index (κ1) is 16.9. The number of para-hydroxylation sites is 1. The highest BCUT2D eigenvalue weighted by molar-refractivity contribution is 5.69. The number of nitrogens with one attached hydrogen (secondary N) is 1. The minimum atomic E-state index is 0.525.